The molecular weight excluding hydrogens is 509 g/mol. The molecule has 1 fully saturated rings. The number of hydrogen-bond acceptors (Lipinski definition) is 5. The predicted octanol–water partition coefficient (Wildman–Crippen LogP) is 6.00. The molecule has 1 saturated heterocycles. The fraction of sp³-hybridized carbons (Fsp3) is 0.462. The van der Waals surface area contributed by atoms with E-state index in [0.29, 0.717) is 32.8 Å². The van der Waals surface area contributed by atoms with Crippen molar-refractivity contribution in [3.63, 3.8) is 0 Å². The van der Waals surface area contributed by atoms with Gasteiger partial charge in [-0.15, -0.1) is 0 Å². The third-order valence-electron chi connectivity index (χ3n) is 6.22. The second kappa shape index (κ2) is 13.1. The Hall–Kier alpha value is -1.91. The molecule has 0 atom stereocenters. The number of ether oxygens (including phenoxy) is 1. The van der Waals surface area contributed by atoms with E-state index in [-0.39, 0.29) is 0 Å². The van der Waals surface area contributed by atoms with E-state index in [2.05, 4.69) is 20.8 Å². The number of nitrogens with one attached hydrogen (secondary N) is 2. The zero-order valence-corrected chi connectivity index (χ0v) is 21.7. The van der Waals surface area contributed by atoms with Crippen molar-refractivity contribution in [3.8, 4) is 5.75 Å². The van der Waals surface area contributed by atoms with Crippen LogP contribution in [0.25, 0.3) is 10.9 Å². The molecule has 0 bridgehead atoms. The fourth-order valence-corrected chi connectivity index (χ4v) is 5.21. The van der Waals surface area contributed by atoms with Gasteiger partial charge in [-0.2, -0.15) is 13.2 Å². The van der Waals surface area contributed by atoms with Crippen LogP contribution in [0.5, 0.6) is 5.75 Å². The topological polar surface area (TPSA) is 43.5 Å². The van der Waals surface area contributed by atoms with Gasteiger partial charge in [0.1, 0.15) is 5.75 Å². The van der Waals surface area contributed by atoms with Crippen molar-refractivity contribution in [2.24, 2.45) is 0 Å². The second-order valence-electron chi connectivity index (χ2n) is 9.01. The van der Waals surface area contributed by atoms with Gasteiger partial charge in [-0.1, -0.05) is 11.6 Å². The molecule has 1 aromatic heterocycles. The van der Waals surface area contributed by atoms with Gasteiger partial charge < -0.3 is 14.6 Å². The maximum Gasteiger partial charge on any atom is 0.401 e. The van der Waals surface area contributed by atoms with Crippen molar-refractivity contribution in [2.75, 3.05) is 52.4 Å². The lowest BCUT2D eigenvalue weighted by molar-refractivity contribution is -0.149. The van der Waals surface area contributed by atoms with Gasteiger partial charge in [-0.25, -0.2) is 0 Å². The minimum absolute atomic E-state index is 0.464. The first-order valence-electron chi connectivity index (χ1n) is 12.3. The second-order valence-corrected chi connectivity index (χ2v) is 10.4. The summed E-state index contributed by atoms with van der Waals surface area (Å²) in [6, 6.07) is 13.9. The molecule has 1 aliphatic heterocycles. The largest absolute Gasteiger partial charge is 0.494 e. The monoisotopic (exact) mass is 540 g/mol. The van der Waals surface area contributed by atoms with Crippen LogP contribution in [-0.4, -0.2) is 73.4 Å². The smallest absolute Gasteiger partial charge is 0.401 e. The average molecular weight is 541 g/mol. The lowest BCUT2D eigenvalue weighted by atomic mass is 10.1. The van der Waals surface area contributed by atoms with Gasteiger partial charge in [0.2, 0.25) is 0 Å². The Morgan fingerprint density at radius 3 is 2.50 bits per heavy atom. The minimum Gasteiger partial charge on any atom is -0.494 e. The van der Waals surface area contributed by atoms with Gasteiger partial charge in [-0.3, -0.25) is 9.62 Å². The van der Waals surface area contributed by atoms with Gasteiger partial charge in [0.15, 0.2) is 0 Å². The lowest BCUT2D eigenvalue weighted by Crippen LogP contribution is -2.49. The van der Waals surface area contributed by atoms with Crippen LogP contribution in [0.2, 0.25) is 5.02 Å². The van der Waals surface area contributed by atoms with Gasteiger partial charge in [0.25, 0.3) is 0 Å². The van der Waals surface area contributed by atoms with Crippen molar-refractivity contribution < 1.29 is 17.9 Å². The Bertz CT molecular complexity index is 1080. The first-order chi connectivity index (χ1) is 17.4. The predicted molar refractivity (Wildman–Crippen MR) is 141 cm³/mol. The molecule has 36 heavy (non-hydrogen) atoms. The summed E-state index contributed by atoms with van der Waals surface area (Å²) in [5, 5.41) is 1.94. The summed E-state index contributed by atoms with van der Waals surface area (Å²) in [6.07, 6.45) is 0.786. The number of hydrogen-bond donors (Lipinski definition) is 2. The van der Waals surface area contributed by atoms with Crippen LogP contribution in [0.3, 0.4) is 0 Å². The molecule has 4 rings (SSSR count). The Balaban J connectivity index is 1.06. The molecule has 0 aliphatic carbocycles. The molecule has 3 aromatic rings. The molecule has 2 heterocycles. The first-order valence-corrected chi connectivity index (χ1v) is 13.4. The van der Waals surface area contributed by atoms with E-state index >= 15 is 0 Å². The van der Waals surface area contributed by atoms with Crippen LogP contribution < -0.4 is 9.46 Å². The van der Waals surface area contributed by atoms with Gasteiger partial charge >= 0.3 is 6.18 Å². The number of aryl methyl sites for hydroxylation is 1. The molecule has 1 aliphatic rings. The summed E-state index contributed by atoms with van der Waals surface area (Å²) < 4.78 is 46.7. The maximum atomic E-state index is 12.5. The highest BCUT2D eigenvalue weighted by atomic mass is 35.5. The highest BCUT2D eigenvalue weighted by Crippen LogP contribution is 2.24. The number of nitrogens with zero attached hydrogens (tertiary/aromatic N) is 2. The fourth-order valence-electron chi connectivity index (χ4n) is 4.35. The molecule has 0 amide bonds. The van der Waals surface area contributed by atoms with Crippen LogP contribution in [-0.2, 0) is 6.42 Å². The molecular formula is C26H32ClF3N4OS. The zero-order valence-electron chi connectivity index (χ0n) is 20.1. The van der Waals surface area contributed by atoms with Crippen LogP contribution in [0.4, 0.5) is 13.2 Å². The van der Waals surface area contributed by atoms with Crippen LogP contribution in [0.15, 0.2) is 53.6 Å². The van der Waals surface area contributed by atoms with E-state index < -0.39 is 12.7 Å². The number of alkyl halides is 3. The summed E-state index contributed by atoms with van der Waals surface area (Å²) in [4.78, 5) is 8.10. The number of piperazine rings is 1. The first kappa shape index (κ1) is 27.1. The highest BCUT2D eigenvalue weighted by Gasteiger charge is 2.31. The standard InChI is InChI=1S/C26H32ClF3N4OS/c27-21-4-9-25-24(17-21)20(18-31-25)3-1-10-32-36-23-7-5-22(6-8-23)35-16-2-11-33-12-14-34(15-13-33)19-26(28,29)30/h4-9,17-18,31-32H,1-3,10-16,19H2. The van der Waals surface area contributed by atoms with Crippen LogP contribution >= 0.6 is 23.5 Å². The van der Waals surface area contributed by atoms with E-state index in [4.69, 9.17) is 16.3 Å². The maximum absolute atomic E-state index is 12.5. The third-order valence-corrected chi connectivity index (χ3v) is 7.31. The van der Waals surface area contributed by atoms with E-state index in [9.17, 15) is 13.2 Å². The van der Waals surface area contributed by atoms with E-state index in [1.54, 1.807) is 11.9 Å². The number of H-pyrrole nitrogens is 1. The van der Waals surface area contributed by atoms with E-state index in [1.165, 1.54) is 15.8 Å². The molecule has 2 N–H and O–H groups in total. The summed E-state index contributed by atoms with van der Waals surface area (Å²) in [6.45, 7) is 3.78. The number of halogens is 4. The Morgan fingerprint density at radius 1 is 1.00 bits per heavy atom. The van der Waals surface area contributed by atoms with Gasteiger partial charge in [0.05, 0.1) is 13.2 Å². The summed E-state index contributed by atoms with van der Waals surface area (Å²) in [5.74, 6) is 0.826. The highest BCUT2D eigenvalue weighted by molar-refractivity contribution is 7.97. The zero-order chi connectivity index (χ0) is 25.4. The number of aromatic nitrogens is 1. The third kappa shape index (κ3) is 8.59. The summed E-state index contributed by atoms with van der Waals surface area (Å²) in [7, 11) is 0. The quantitative estimate of drug-likeness (QED) is 0.218. The molecule has 0 radical (unpaired) electrons. The minimum atomic E-state index is -4.12. The Morgan fingerprint density at radius 2 is 1.75 bits per heavy atom. The number of aromatic amines is 1. The molecule has 2 aromatic carbocycles. The number of fused-ring (bicyclic) bond motifs is 1. The van der Waals surface area contributed by atoms with Gasteiger partial charge in [0, 0.05) is 66.3 Å². The van der Waals surface area contributed by atoms with Crippen molar-refractivity contribution in [3.05, 3.63) is 59.2 Å². The van der Waals surface area contributed by atoms with Crippen molar-refractivity contribution >= 4 is 34.5 Å². The number of rotatable bonds is 12. The van der Waals surface area contributed by atoms with Crippen LogP contribution in [0, 0.1) is 0 Å². The van der Waals surface area contributed by atoms with Gasteiger partial charge in [-0.05, 0) is 79.2 Å². The van der Waals surface area contributed by atoms with E-state index in [0.717, 1.165) is 53.5 Å². The number of benzene rings is 2. The molecule has 0 saturated carbocycles. The molecule has 0 spiro atoms. The van der Waals surface area contributed by atoms with Crippen molar-refractivity contribution in [1.29, 1.82) is 0 Å². The van der Waals surface area contributed by atoms with Crippen molar-refractivity contribution in [2.45, 2.75) is 30.3 Å². The molecule has 10 heteroatoms. The molecule has 5 nitrogen and oxygen atoms in total. The Kier molecular flexibility index (Phi) is 9.84. The SMILES string of the molecule is FC(F)(F)CN1CCN(CCCOc2ccc(SNCCCc3c[nH]c4ccc(Cl)cc34)cc2)CC1. The summed E-state index contributed by atoms with van der Waals surface area (Å²) in [5.41, 5.74) is 2.39. The normalized spacial score (nSPS) is 15.6. The van der Waals surface area contributed by atoms with Crippen molar-refractivity contribution in [1.82, 2.24) is 19.5 Å². The average Bonchev–Trinajstić information content (AvgIpc) is 3.24. The van der Waals surface area contributed by atoms with Crippen LogP contribution in [0.1, 0.15) is 18.4 Å². The summed E-state index contributed by atoms with van der Waals surface area (Å²) >= 11 is 7.74. The molecule has 0 unspecified atom stereocenters. The lowest BCUT2D eigenvalue weighted by Gasteiger charge is -2.34. The molecule has 196 valence electrons. The van der Waals surface area contributed by atoms with E-state index in [1.807, 2.05) is 42.5 Å². The Labute approximate surface area is 219 Å².